The third kappa shape index (κ3) is 6.91. The molecule has 18 nitrogen and oxygen atoms in total. The van der Waals surface area contributed by atoms with Gasteiger partial charge in [0.15, 0.2) is 18.9 Å². The molecule has 0 radical (unpaired) electrons. The molecule has 4 aliphatic rings. The van der Waals surface area contributed by atoms with Gasteiger partial charge in [-0.25, -0.2) is 0 Å². The second kappa shape index (κ2) is 14.1. The van der Waals surface area contributed by atoms with E-state index in [4.69, 9.17) is 62.8 Å². The lowest BCUT2D eigenvalue weighted by atomic mass is 9.84. The van der Waals surface area contributed by atoms with Gasteiger partial charge >= 0.3 is 0 Å². The summed E-state index contributed by atoms with van der Waals surface area (Å²) in [4.78, 5) is 0. The van der Waals surface area contributed by atoms with Crippen LogP contribution in [0.15, 0.2) is 0 Å². The monoisotopic (exact) mass is 612 g/mol. The first kappa shape index (κ1) is 34.2. The molecule has 3 aliphatic heterocycles. The summed E-state index contributed by atoms with van der Waals surface area (Å²) in [5, 5.41) is 62.9. The minimum absolute atomic E-state index is 0.135. The first-order valence-electron chi connectivity index (χ1n) is 14.2. The van der Waals surface area contributed by atoms with Crippen LogP contribution in [0, 0.1) is 0 Å². The summed E-state index contributed by atoms with van der Waals surface area (Å²) < 4.78 is 35.1. The standard InChI is InChI=1S/C24H48N6O12/c1-6(26)18-10(32)3-9(29)22(39-18)40-19-8(28)2-7(27)14(33)21(19)42-24-17(36)20(12(5-31)38-24)41-23-13(30)16(35)15(34)11(4-25)37-23/h6-24,31-36H,2-5,25-30H2,1H3/t6-,7+,8-,9+,10-,11-,12+,13+,14-,15+,16+,17+,18+,19+,20+,21+,22+,23+,24-/m0/s1. The molecule has 3 saturated heterocycles. The lowest BCUT2D eigenvalue weighted by molar-refractivity contribution is -0.297. The van der Waals surface area contributed by atoms with Crippen molar-refractivity contribution in [2.45, 2.75) is 136 Å². The lowest BCUT2D eigenvalue weighted by Gasteiger charge is -2.46. The summed E-state index contributed by atoms with van der Waals surface area (Å²) in [6.07, 6.45) is -16.7. The van der Waals surface area contributed by atoms with Crippen molar-refractivity contribution in [3.8, 4) is 0 Å². The number of hydrogen-bond acceptors (Lipinski definition) is 18. The highest BCUT2D eigenvalue weighted by Gasteiger charge is 2.54. The predicted molar refractivity (Wildman–Crippen MR) is 142 cm³/mol. The van der Waals surface area contributed by atoms with Crippen LogP contribution in [0.25, 0.3) is 0 Å². The number of ether oxygens (including phenoxy) is 6. The molecule has 3 heterocycles. The summed E-state index contributed by atoms with van der Waals surface area (Å²) in [7, 11) is 0. The Balaban J connectivity index is 1.49. The molecule has 0 amide bonds. The number of aliphatic hydroxyl groups excluding tert-OH is 6. The van der Waals surface area contributed by atoms with Gasteiger partial charge in [-0.3, -0.25) is 0 Å². The molecule has 4 fully saturated rings. The number of hydrogen-bond donors (Lipinski definition) is 12. The molecule has 4 rings (SSSR count). The molecule has 246 valence electrons. The van der Waals surface area contributed by atoms with Crippen LogP contribution in [0.4, 0.5) is 0 Å². The highest BCUT2D eigenvalue weighted by molar-refractivity contribution is 5.01. The second-order valence-electron chi connectivity index (χ2n) is 11.7. The fraction of sp³-hybridized carbons (Fsp3) is 1.00. The SMILES string of the molecule is C[C@H](N)[C@H]1O[C@H](O[C@H]2[C@H](O[C@@H]3O[C@H](CO)[C@@H](O[C@H]4O[C@@H](CN)[C@@H](O)[C@H](O)[C@H]4N)[C@H]3O)[C@@H](O)[C@H](N)C[C@@H]2N)[C@H](N)C[C@@H]1O. The number of aliphatic hydroxyl groups is 6. The van der Waals surface area contributed by atoms with Crippen molar-refractivity contribution in [1.29, 1.82) is 0 Å². The van der Waals surface area contributed by atoms with E-state index in [-0.39, 0.29) is 19.4 Å². The summed E-state index contributed by atoms with van der Waals surface area (Å²) in [5.41, 5.74) is 36.2. The Hall–Kier alpha value is -0.720. The van der Waals surface area contributed by atoms with Crippen molar-refractivity contribution in [3.05, 3.63) is 0 Å². The average Bonchev–Trinajstić information content (AvgIpc) is 3.23. The zero-order valence-electron chi connectivity index (χ0n) is 23.4. The zero-order valence-corrected chi connectivity index (χ0v) is 23.4. The van der Waals surface area contributed by atoms with E-state index in [2.05, 4.69) is 0 Å². The van der Waals surface area contributed by atoms with E-state index in [1.165, 1.54) is 0 Å². The molecule has 0 aromatic rings. The fourth-order valence-electron chi connectivity index (χ4n) is 5.95. The largest absolute Gasteiger partial charge is 0.394 e. The summed E-state index contributed by atoms with van der Waals surface area (Å²) >= 11 is 0. The van der Waals surface area contributed by atoms with Gasteiger partial charge in [-0.15, -0.1) is 0 Å². The van der Waals surface area contributed by atoms with Crippen molar-refractivity contribution >= 4 is 0 Å². The van der Waals surface area contributed by atoms with Gasteiger partial charge < -0.3 is 93.5 Å². The van der Waals surface area contributed by atoms with Gasteiger partial charge in [0.25, 0.3) is 0 Å². The zero-order chi connectivity index (χ0) is 31.0. The van der Waals surface area contributed by atoms with Crippen LogP contribution in [0.5, 0.6) is 0 Å². The number of rotatable bonds is 9. The molecular weight excluding hydrogens is 564 g/mol. The van der Waals surface area contributed by atoms with Crippen molar-refractivity contribution < 1.29 is 59.1 Å². The molecule has 18 heteroatoms. The van der Waals surface area contributed by atoms with Crippen LogP contribution in [0.1, 0.15) is 19.8 Å². The van der Waals surface area contributed by atoms with Gasteiger partial charge in [0.1, 0.15) is 54.9 Å². The van der Waals surface area contributed by atoms with E-state index in [1.54, 1.807) is 6.92 Å². The topological polar surface area (TPSA) is 333 Å². The Bertz CT molecular complexity index is 867. The Labute approximate surface area is 243 Å². The molecule has 18 N–H and O–H groups in total. The van der Waals surface area contributed by atoms with Gasteiger partial charge in [-0.1, -0.05) is 0 Å². The van der Waals surface area contributed by atoms with Gasteiger partial charge in [0.05, 0.1) is 30.9 Å². The van der Waals surface area contributed by atoms with Crippen LogP contribution < -0.4 is 34.4 Å². The Kier molecular flexibility index (Phi) is 11.5. The van der Waals surface area contributed by atoms with E-state index in [0.29, 0.717) is 0 Å². The normalized spacial score (nSPS) is 52.8. The first-order valence-corrected chi connectivity index (χ1v) is 14.2. The van der Waals surface area contributed by atoms with Crippen LogP contribution in [0.2, 0.25) is 0 Å². The highest BCUT2D eigenvalue weighted by Crippen LogP contribution is 2.34. The molecule has 0 spiro atoms. The maximum absolute atomic E-state index is 11.1. The van der Waals surface area contributed by atoms with Gasteiger partial charge in [-0.05, 0) is 19.8 Å². The van der Waals surface area contributed by atoms with Crippen LogP contribution in [0.3, 0.4) is 0 Å². The van der Waals surface area contributed by atoms with Gasteiger partial charge in [-0.2, -0.15) is 0 Å². The van der Waals surface area contributed by atoms with E-state index >= 15 is 0 Å². The molecule has 0 bridgehead atoms. The Morgan fingerprint density at radius 3 is 1.93 bits per heavy atom. The van der Waals surface area contributed by atoms with Gasteiger partial charge in [0, 0.05) is 24.7 Å². The molecule has 42 heavy (non-hydrogen) atoms. The van der Waals surface area contributed by atoms with E-state index < -0.39 is 123 Å². The third-order valence-electron chi connectivity index (χ3n) is 8.44. The first-order chi connectivity index (χ1) is 19.8. The van der Waals surface area contributed by atoms with Crippen molar-refractivity contribution in [1.82, 2.24) is 0 Å². The second-order valence-corrected chi connectivity index (χ2v) is 11.7. The molecule has 0 aromatic carbocycles. The highest BCUT2D eigenvalue weighted by atomic mass is 16.8. The maximum atomic E-state index is 11.1. The lowest BCUT2D eigenvalue weighted by Crippen LogP contribution is -2.66. The molecule has 19 atom stereocenters. The smallest absolute Gasteiger partial charge is 0.187 e. The maximum Gasteiger partial charge on any atom is 0.187 e. The molecule has 1 aliphatic carbocycles. The molecular formula is C24H48N6O12. The van der Waals surface area contributed by atoms with Crippen LogP contribution >= 0.6 is 0 Å². The predicted octanol–water partition coefficient (Wildman–Crippen LogP) is -7.48. The molecule has 0 aromatic heterocycles. The van der Waals surface area contributed by atoms with Crippen molar-refractivity contribution in [2.24, 2.45) is 34.4 Å². The van der Waals surface area contributed by atoms with Crippen LogP contribution in [-0.2, 0) is 28.4 Å². The Morgan fingerprint density at radius 1 is 0.690 bits per heavy atom. The summed E-state index contributed by atoms with van der Waals surface area (Å²) in [6, 6.07) is -4.10. The minimum Gasteiger partial charge on any atom is -0.394 e. The van der Waals surface area contributed by atoms with E-state index in [1.807, 2.05) is 0 Å². The fourth-order valence-corrected chi connectivity index (χ4v) is 5.95. The third-order valence-corrected chi connectivity index (χ3v) is 8.44. The average molecular weight is 613 g/mol. The quantitative estimate of drug-likeness (QED) is 0.115. The van der Waals surface area contributed by atoms with Crippen molar-refractivity contribution in [2.75, 3.05) is 13.2 Å². The molecule has 0 unspecified atom stereocenters. The Morgan fingerprint density at radius 2 is 1.31 bits per heavy atom. The van der Waals surface area contributed by atoms with Crippen LogP contribution in [-0.4, -0.2) is 160 Å². The number of nitrogens with two attached hydrogens (primary N) is 6. The summed E-state index contributed by atoms with van der Waals surface area (Å²) in [6.45, 7) is 0.901. The summed E-state index contributed by atoms with van der Waals surface area (Å²) in [5.74, 6) is 0. The van der Waals surface area contributed by atoms with Crippen molar-refractivity contribution in [3.63, 3.8) is 0 Å². The minimum atomic E-state index is -1.56. The van der Waals surface area contributed by atoms with E-state index in [0.717, 1.165) is 0 Å². The van der Waals surface area contributed by atoms with E-state index in [9.17, 15) is 30.6 Å². The van der Waals surface area contributed by atoms with Gasteiger partial charge in [0.2, 0.25) is 0 Å². The molecule has 1 saturated carbocycles.